The smallest absolute Gasteiger partial charge is 0.251 e. The molecule has 156 valence electrons. The SMILES string of the molecule is CC(C)C(NC(=O)c1ccc(Cl)cc1)C(=O)Nc1ncn(Cc2ccc(Br)cc2)n1. The van der Waals surface area contributed by atoms with Gasteiger partial charge in [0.1, 0.15) is 12.4 Å². The van der Waals surface area contributed by atoms with Crippen LogP contribution in [0.15, 0.2) is 59.3 Å². The van der Waals surface area contributed by atoms with E-state index in [9.17, 15) is 9.59 Å². The van der Waals surface area contributed by atoms with Gasteiger partial charge in [-0.3, -0.25) is 14.9 Å². The lowest BCUT2D eigenvalue weighted by Crippen LogP contribution is -2.47. The number of benzene rings is 2. The van der Waals surface area contributed by atoms with Crippen molar-refractivity contribution in [2.45, 2.75) is 26.4 Å². The molecule has 3 rings (SSSR count). The summed E-state index contributed by atoms with van der Waals surface area (Å²) in [4.78, 5) is 29.4. The molecule has 9 heteroatoms. The van der Waals surface area contributed by atoms with E-state index in [0.717, 1.165) is 10.0 Å². The fourth-order valence-electron chi connectivity index (χ4n) is 2.75. The molecular weight excluding hydrogens is 470 g/mol. The highest BCUT2D eigenvalue weighted by atomic mass is 79.9. The summed E-state index contributed by atoms with van der Waals surface area (Å²) in [6.07, 6.45) is 1.55. The standard InChI is InChI=1S/C21H21BrClN5O2/c1-13(2)18(25-19(29)15-5-9-17(23)10-6-15)20(30)26-21-24-12-28(27-21)11-14-3-7-16(22)8-4-14/h3-10,12-13,18H,11H2,1-2H3,(H,25,29)(H,26,27,30). The minimum atomic E-state index is -0.744. The average Bonchev–Trinajstić information content (AvgIpc) is 3.14. The number of halogens is 2. The second kappa shape index (κ2) is 9.86. The number of carbonyl (C=O) groups excluding carboxylic acids is 2. The van der Waals surface area contributed by atoms with Crippen molar-refractivity contribution in [2.24, 2.45) is 5.92 Å². The van der Waals surface area contributed by atoms with Gasteiger partial charge >= 0.3 is 0 Å². The van der Waals surface area contributed by atoms with Gasteiger partial charge in [-0.1, -0.05) is 53.5 Å². The van der Waals surface area contributed by atoms with Crippen molar-refractivity contribution in [1.29, 1.82) is 0 Å². The van der Waals surface area contributed by atoms with Gasteiger partial charge in [0.15, 0.2) is 0 Å². The van der Waals surface area contributed by atoms with E-state index < -0.39 is 6.04 Å². The fourth-order valence-corrected chi connectivity index (χ4v) is 3.14. The quantitative estimate of drug-likeness (QED) is 0.521. The van der Waals surface area contributed by atoms with Crippen LogP contribution in [0.2, 0.25) is 5.02 Å². The van der Waals surface area contributed by atoms with Gasteiger partial charge in [-0.2, -0.15) is 0 Å². The molecule has 0 bridgehead atoms. The highest BCUT2D eigenvalue weighted by molar-refractivity contribution is 9.10. The van der Waals surface area contributed by atoms with Gasteiger partial charge in [-0.25, -0.2) is 9.67 Å². The molecule has 30 heavy (non-hydrogen) atoms. The third kappa shape index (κ3) is 5.90. The van der Waals surface area contributed by atoms with Crippen LogP contribution in [-0.4, -0.2) is 32.6 Å². The fraction of sp³-hybridized carbons (Fsp3) is 0.238. The zero-order valence-electron chi connectivity index (χ0n) is 16.5. The Balaban J connectivity index is 1.63. The molecule has 2 N–H and O–H groups in total. The molecule has 2 aromatic carbocycles. The van der Waals surface area contributed by atoms with Gasteiger partial charge < -0.3 is 5.32 Å². The summed E-state index contributed by atoms with van der Waals surface area (Å²) in [6, 6.07) is 13.6. The Labute approximate surface area is 188 Å². The van der Waals surface area contributed by atoms with Crippen LogP contribution < -0.4 is 10.6 Å². The number of hydrogen-bond acceptors (Lipinski definition) is 4. The van der Waals surface area contributed by atoms with Crippen molar-refractivity contribution in [3.8, 4) is 0 Å². The third-order valence-electron chi connectivity index (χ3n) is 4.37. The van der Waals surface area contributed by atoms with Gasteiger partial charge in [0.05, 0.1) is 6.54 Å². The zero-order valence-corrected chi connectivity index (χ0v) is 18.8. The normalized spacial score (nSPS) is 11.9. The summed E-state index contributed by atoms with van der Waals surface area (Å²) in [7, 11) is 0. The lowest BCUT2D eigenvalue weighted by Gasteiger charge is -2.21. The summed E-state index contributed by atoms with van der Waals surface area (Å²) >= 11 is 9.26. The van der Waals surface area contributed by atoms with Crippen LogP contribution in [0.3, 0.4) is 0 Å². The molecule has 1 aromatic heterocycles. The monoisotopic (exact) mass is 489 g/mol. The summed E-state index contributed by atoms with van der Waals surface area (Å²) in [5, 5.41) is 10.3. The maximum Gasteiger partial charge on any atom is 0.251 e. The number of nitrogens with zero attached hydrogens (tertiary/aromatic N) is 3. The summed E-state index contributed by atoms with van der Waals surface area (Å²) < 4.78 is 2.63. The van der Waals surface area contributed by atoms with Gasteiger partial charge in [0.2, 0.25) is 11.9 Å². The second-order valence-corrected chi connectivity index (χ2v) is 8.44. The molecule has 0 aliphatic heterocycles. The first-order valence-electron chi connectivity index (χ1n) is 9.33. The number of amides is 2. The van der Waals surface area contributed by atoms with Crippen molar-refractivity contribution >= 4 is 45.3 Å². The minimum Gasteiger partial charge on any atom is -0.340 e. The number of nitrogens with one attached hydrogen (secondary N) is 2. The molecule has 0 saturated heterocycles. The minimum absolute atomic E-state index is 0.133. The van der Waals surface area contributed by atoms with Crippen molar-refractivity contribution in [3.63, 3.8) is 0 Å². The lowest BCUT2D eigenvalue weighted by atomic mass is 10.0. The first-order chi connectivity index (χ1) is 14.3. The van der Waals surface area contributed by atoms with E-state index in [1.54, 1.807) is 35.3 Å². The number of hydrogen-bond donors (Lipinski definition) is 2. The van der Waals surface area contributed by atoms with E-state index in [4.69, 9.17) is 11.6 Å². The van der Waals surface area contributed by atoms with E-state index in [2.05, 4.69) is 36.6 Å². The second-order valence-electron chi connectivity index (χ2n) is 7.08. The van der Waals surface area contributed by atoms with E-state index in [1.807, 2.05) is 38.1 Å². The lowest BCUT2D eigenvalue weighted by molar-refractivity contribution is -0.118. The molecule has 0 aliphatic rings. The first-order valence-corrected chi connectivity index (χ1v) is 10.5. The molecular formula is C21H21BrClN5O2. The molecule has 7 nitrogen and oxygen atoms in total. The van der Waals surface area contributed by atoms with Crippen LogP contribution in [0.1, 0.15) is 29.8 Å². The Morgan fingerprint density at radius 2 is 1.77 bits per heavy atom. The molecule has 0 saturated carbocycles. The van der Waals surface area contributed by atoms with E-state index >= 15 is 0 Å². The van der Waals surface area contributed by atoms with Crippen LogP contribution in [0, 0.1) is 5.92 Å². The Bertz CT molecular complexity index is 1020. The number of anilines is 1. The summed E-state index contributed by atoms with van der Waals surface area (Å²) in [6.45, 7) is 4.23. The predicted molar refractivity (Wildman–Crippen MR) is 119 cm³/mol. The molecule has 3 aromatic rings. The number of rotatable bonds is 7. The maximum absolute atomic E-state index is 12.7. The molecule has 0 radical (unpaired) electrons. The third-order valence-corrected chi connectivity index (χ3v) is 5.15. The number of aromatic nitrogens is 3. The highest BCUT2D eigenvalue weighted by Crippen LogP contribution is 2.13. The van der Waals surface area contributed by atoms with Gasteiger partial charge in [-0.05, 0) is 47.9 Å². The molecule has 0 spiro atoms. The Morgan fingerprint density at radius 1 is 1.10 bits per heavy atom. The predicted octanol–water partition coefficient (Wildman–Crippen LogP) is 4.14. The maximum atomic E-state index is 12.7. The summed E-state index contributed by atoms with van der Waals surface area (Å²) in [5.74, 6) is -0.683. The zero-order chi connectivity index (χ0) is 21.7. The molecule has 1 heterocycles. The van der Waals surface area contributed by atoms with E-state index in [-0.39, 0.29) is 23.7 Å². The van der Waals surface area contributed by atoms with Gasteiger partial charge in [-0.15, -0.1) is 5.10 Å². The summed E-state index contributed by atoms with van der Waals surface area (Å²) in [5.41, 5.74) is 1.48. The van der Waals surface area contributed by atoms with E-state index in [0.29, 0.717) is 17.1 Å². The van der Waals surface area contributed by atoms with Crippen LogP contribution in [0.4, 0.5) is 5.95 Å². The first kappa shape index (κ1) is 22.0. The van der Waals surface area contributed by atoms with E-state index in [1.165, 1.54) is 0 Å². The van der Waals surface area contributed by atoms with Crippen LogP contribution in [-0.2, 0) is 11.3 Å². The van der Waals surface area contributed by atoms with Gasteiger partial charge in [0.25, 0.3) is 5.91 Å². The highest BCUT2D eigenvalue weighted by Gasteiger charge is 2.25. The molecule has 1 atom stereocenters. The van der Waals surface area contributed by atoms with Crippen LogP contribution in [0.25, 0.3) is 0 Å². The Morgan fingerprint density at radius 3 is 2.40 bits per heavy atom. The average molecular weight is 491 g/mol. The largest absolute Gasteiger partial charge is 0.340 e. The van der Waals surface area contributed by atoms with Gasteiger partial charge in [0, 0.05) is 15.1 Å². The van der Waals surface area contributed by atoms with Crippen molar-refractivity contribution < 1.29 is 9.59 Å². The van der Waals surface area contributed by atoms with Crippen LogP contribution in [0.5, 0.6) is 0 Å². The molecule has 0 aliphatic carbocycles. The van der Waals surface area contributed by atoms with Crippen molar-refractivity contribution in [3.05, 3.63) is 75.5 Å². The van der Waals surface area contributed by atoms with Crippen LogP contribution >= 0.6 is 27.5 Å². The van der Waals surface area contributed by atoms with Crippen molar-refractivity contribution in [2.75, 3.05) is 5.32 Å². The Hall–Kier alpha value is -2.71. The van der Waals surface area contributed by atoms with Crippen molar-refractivity contribution in [1.82, 2.24) is 20.1 Å². The molecule has 0 fully saturated rings. The number of carbonyl (C=O) groups is 2. The topological polar surface area (TPSA) is 88.9 Å². The molecule has 1 unspecified atom stereocenters. The molecule has 2 amide bonds. The Kier molecular flexibility index (Phi) is 7.23.